The van der Waals surface area contributed by atoms with Gasteiger partial charge in [0.05, 0.1) is 12.9 Å². The molecule has 34 heavy (non-hydrogen) atoms. The van der Waals surface area contributed by atoms with Crippen molar-refractivity contribution in [1.82, 2.24) is 24.9 Å². The lowest BCUT2D eigenvalue weighted by Crippen LogP contribution is -2.77. The average Bonchev–Trinajstić information content (AvgIpc) is 3.54. The minimum atomic E-state index is -0.706. The van der Waals surface area contributed by atoms with E-state index in [0.717, 1.165) is 25.7 Å². The van der Waals surface area contributed by atoms with E-state index in [1.165, 1.54) is 6.20 Å². The molecule has 0 radical (unpaired) electrons. The van der Waals surface area contributed by atoms with E-state index in [2.05, 4.69) is 15.5 Å². The molecule has 6 atom stereocenters. The average molecular weight is 469 g/mol. The maximum Gasteiger partial charge on any atom is 0.405 e. The summed E-state index contributed by atoms with van der Waals surface area (Å²) in [6, 6.07) is 1.80. The summed E-state index contributed by atoms with van der Waals surface area (Å²) in [5, 5.41) is 11.9. The Balaban J connectivity index is 1.26. The second-order valence-corrected chi connectivity index (χ2v) is 11.1. The number of rotatable bonds is 7. The molecule has 2 aromatic rings. The minimum Gasteiger partial charge on any atom is -0.442 e. The number of ether oxygens (including phenoxy) is 1. The van der Waals surface area contributed by atoms with Gasteiger partial charge in [-0.2, -0.15) is 10.2 Å². The standard InChI is InChI=1S/C24H29FN6O3/c1-22(2,13-25)4-7-31-20(30-6-3-5-27-30)16(12-28-31)19(32)29-18-14-8-15-10-23(34-21(26)33)11-17(18)24(15,23)9-14/h3-7,12,14-15,17-18H,8-11,13H2,1-2H3,(H2,26,33)(H,29,32)/b7-4+/t14?,15?,17?,18-,23?,24?/m1/s1. The molecule has 180 valence electrons. The fraction of sp³-hybridized carbons (Fsp3) is 0.583. The molecule has 4 saturated carbocycles. The van der Waals surface area contributed by atoms with Gasteiger partial charge in [0.2, 0.25) is 0 Å². The fourth-order valence-electron chi connectivity index (χ4n) is 7.44. The molecule has 10 heteroatoms. The van der Waals surface area contributed by atoms with Gasteiger partial charge >= 0.3 is 6.09 Å². The van der Waals surface area contributed by atoms with Crippen LogP contribution in [-0.4, -0.2) is 49.9 Å². The first-order valence-corrected chi connectivity index (χ1v) is 11.8. The maximum absolute atomic E-state index is 13.5. The zero-order chi connectivity index (χ0) is 23.9. The molecule has 3 N–H and O–H groups in total. The third kappa shape index (κ3) is 2.71. The third-order valence-corrected chi connectivity index (χ3v) is 8.83. The predicted octanol–water partition coefficient (Wildman–Crippen LogP) is 2.92. The second kappa shape index (κ2) is 6.93. The molecule has 9 nitrogen and oxygen atoms in total. The summed E-state index contributed by atoms with van der Waals surface area (Å²) in [7, 11) is 0. The second-order valence-electron chi connectivity index (χ2n) is 11.1. The van der Waals surface area contributed by atoms with Crippen molar-refractivity contribution in [2.45, 2.75) is 51.2 Å². The summed E-state index contributed by atoms with van der Waals surface area (Å²) in [6.45, 7) is 3.07. The van der Waals surface area contributed by atoms with Gasteiger partial charge < -0.3 is 15.8 Å². The SMILES string of the molecule is CC(C)(/C=C/n1ncc(C(=O)N[C@@H]2C3CC4CC5(OC(N)=O)CC2C45C3)c1-n1cccn1)CF. The molecule has 4 fully saturated rings. The van der Waals surface area contributed by atoms with Crippen LogP contribution in [0.1, 0.15) is 49.9 Å². The number of amides is 2. The van der Waals surface area contributed by atoms with Gasteiger partial charge in [-0.3, -0.25) is 9.18 Å². The van der Waals surface area contributed by atoms with Crippen molar-refractivity contribution in [3.05, 3.63) is 36.3 Å². The largest absolute Gasteiger partial charge is 0.442 e. The van der Waals surface area contributed by atoms with Crippen molar-refractivity contribution in [1.29, 1.82) is 0 Å². The van der Waals surface area contributed by atoms with Crippen LogP contribution in [0.5, 0.6) is 0 Å². The van der Waals surface area contributed by atoms with Gasteiger partial charge in [-0.25, -0.2) is 14.2 Å². The summed E-state index contributed by atoms with van der Waals surface area (Å²) in [5.74, 6) is 1.49. The lowest BCUT2D eigenvalue weighted by atomic mass is 9.35. The number of alkyl halides is 1. The normalized spacial score (nSPS) is 35.0. The van der Waals surface area contributed by atoms with Crippen LogP contribution in [0.15, 0.2) is 30.7 Å². The number of halogens is 1. The monoisotopic (exact) mass is 468 g/mol. The Hall–Kier alpha value is -3.17. The molecule has 0 aliphatic heterocycles. The van der Waals surface area contributed by atoms with Gasteiger partial charge in [-0.1, -0.05) is 19.9 Å². The van der Waals surface area contributed by atoms with E-state index in [0.29, 0.717) is 29.1 Å². The summed E-state index contributed by atoms with van der Waals surface area (Å²) in [5.41, 5.74) is 4.66. The fourth-order valence-corrected chi connectivity index (χ4v) is 7.44. The quantitative estimate of drug-likeness (QED) is 0.648. The van der Waals surface area contributed by atoms with Crippen molar-refractivity contribution in [3.63, 3.8) is 0 Å². The highest BCUT2D eigenvalue weighted by Crippen LogP contribution is 2.83. The van der Waals surface area contributed by atoms with Crippen LogP contribution in [0.25, 0.3) is 12.0 Å². The first-order chi connectivity index (χ1) is 16.2. The molecule has 0 saturated heterocycles. The van der Waals surface area contributed by atoms with E-state index in [9.17, 15) is 14.0 Å². The number of allylic oxidation sites excluding steroid dienone is 1. The van der Waals surface area contributed by atoms with Gasteiger partial charge in [0.1, 0.15) is 11.2 Å². The molecule has 6 rings (SSSR count). The summed E-state index contributed by atoms with van der Waals surface area (Å²) in [4.78, 5) is 25.0. The van der Waals surface area contributed by atoms with Crippen molar-refractivity contribution in [2.75, 3.05) is 6.67 Å². The van der Waals surface area contributed by atoms with E-state index in [4.69, 9.17) is 10.5 Å². The molecule has 2 aromatic heterocycles. The Morgan fingerprint density at radius 1 is 1.35 bits per heavy atom. The Morgan fingerprint density at radius 3 is 2.88 bits per heavy atom. The number of hydrogen-bond acceptors (Lipinski definition) is 5. The molecular formula is C24H29FN6O3. The Bertz CT molecular complexity index is 1190. The highest BCUT2D eigenvalue weighted by Gasteiger charge is 2.85. The van der Waals surface area contributed by atoms with Crippen molar-refractivity contribution < 1.29 is 18.7 Å². The summed E-state index contributed by atoms with van der Waals surface area (Å²) < 4.78 is 22.0. The molecule has 4 aliphatic carbocycles. The lowest BCUT2D eigenvalue weighted by Gasteiger charge is -2.73. The molecule has 0 aromatic carbocycles. The van der Waals surface area contributed by atoms with Crippen LogP contribution in [0.3, 0.4) is 0 Å². The number of primary amides is 1. The number of hydrogen-bond donors (Lipinski definition) is 2. The van der Waals surface area contributed by atoms with Crippen LogP contribution in [0, 0.1) is 28.6 Å². The van der Waals surface area contributed by atoms with Gasteiger partial charge in [0.15, 0.2) is 5.82 Å². The molecule has 4 aliphatic rings. The number of carbonyl (C=O) groups is 2. The van der Waals surface area contributed by atoms with Gasteiger partial charge in [-0.15, -0.1) is 0 Å². The van der Waals surface area contributed by atoms with Crippen molar-refractivity contribution >= 4 is 18.2 Å². The Kier molecular flexibility index (Phi) is 4.35. The van der Waals surface area contributed by atoms with Crippen LogP contribution in [0.2, 0.25) is 0 Å². The highest BCUT2D eigenvalue weighted by atomic mass is 19.1. The molecular weight excluding hydrogens is 439 g/mol. The number of nitrogens with two attached hydrogens (primary N) is 1. The Labute approximate surface area is 196 Å². The number of fused-ring (bicyclic) bond motifs is 1. The molecule has 2 amide bonds. The molecule has 1 spiro atoms. The van der Waals surface area contributed by atoms with E-state index in [1.807, 2.05) is 0 Å². The van der Waals surface area contributed by atoms with Gasteiger partial charge in [0, 0.05) is 35.5 Å². The van der Waals surface area contributed by atoms with Gasteiger partial charge in [0.25, 0.3) is 5.91 Å². The minimum absolute atomic E-state index is 0.0275. The summed E-state index contributed by atoms with van der Waals surface area (Å²) in [6.07, 6.45) is 11.2. The molecule has 2 bridgehead atoms. The van der Waals surface area contributed by atoms with Crippen LogP contribution in [-0.2, 0) is 4.74 Å². The zero-order valence-electron chi connectivity index (χ0n) is 19.3. The zero-order valence-corrected chi connectivity index (χ0v) is 19.3. The maximum atomic E-state index is 13.5. The van der Waals surface area contributed by atoms with Crippen LogP contribution >= 0.6 is 0 Å². The molecule has 2 heterocycles. The van der Waals surface area contributed by atoms with Crippen molar-refractivity contribution in [3.8, 4) is 5.82 Å². The smallest absolute Gasteiger partial charge is 0.405 e. The first-order valence-electron chi connectivity index (χ1n) is 11.8. The van der Waals surface area contributed by atoms with E-state index in [-0.39, 0.29) is 17.4 Å². The van der Waals surface area contributed by atoms with E-state index < -0.39 is 23.8 Å². The lowest BCUT2D eigenvalue weighted by molar-refractivity contribution is -0.305. The number of aromatic nitrogens is 4. The predicted molar refractivity (Wildman–Crippen MR) is 120 cm³/mol. The van der Waals surface area contributed by atoms with Crippen LogP contribution in [0.4, 0.5) is 9.18 Å². The Morgan fingerprint density at radius 2 is 2.18 bits per heavy atom. The van der Waals surface area contributed by atoms with Gasteiger partial charge in [-0.05, 0) is 49.5 Å². The van der Waals surface area contributed by atoms with Crippen molar-refractivity contribution in [2.24, 2.45) is 34.3 Å². The topological polar surface area (TPSA) is 117 Å². The highest BCUT2D eigenvalue weighted by molar-refractivity contribution is 5.97. The number of carbonyl (C=O) groups excluding carboxylic acids is 2. The molecule has 5 unspecified atom stereocenters. The summed E-state index contributed by atoms with van der Waals surface area (Å²) >= 11 is 0. The van der Waals surface area contributed by atoms with E-state index in [1.54, 1.807) is 53.9 Å². The number of nitrogens with zero attached hydrogens (tertiary/aromatic N) is 4. The van der Waals surface area contributed by atoms with Crippen LogP contribution < -0.4 is 11.1 Å². The first kappa shape index (κ1) is 21.4. The van der Waals surface area contributed by atoms with E-state index >= 15 is 0 Å². The number of nitrogens with one attached hydrogen (secondary N) is 1. The third-order valence-electron chi connectivity index (χ3n) is 8.83.